The van der Waals surface area contributed by atoms with Crippen LogP contribution in [0.2, 0.25) is 0 Å². The van der Waals surface area contributed by atoms with Crippen molar-refractivity contribution in [3.05, 3.63) is 0 Å². The van der Waals surface area contributed by atoms with Gasteiger partial charge < -0.3 is 9.47 Å². The Morgan fingerprint density at radius 2 is 2.42 bits per heavy atom. The number of ether oxygens (including phenoxy) is 2. The van der Waals surface area contributed by atoms with Gasteiger partial charge in [-0.15, -0.1) is 0 Å². The molecule has 1 heterocycles. The second-order valence-electron chi connectivity index (χ2n) is 3.17. The summed E-state index contributed by atoms with van der Waals surface area (Å²) in [5.74, 6) is 0.352. The number of rotatable bonds is 3. The van der Waals surface area contributed by atoms with Gasteiger partial charge in [-0.25, -0.2) is 0 Å². The van der Waals surface area contributed by atoms with Gasteiger partial charge in [0.05, 0.1) is 6.10 Å². The summed E-state index contributed by atoms with van der Waals surface area (Å²) in [6.07, 6.45) is 2.34. The van der Waals surface area contributed by atoms with Gasteiger partial charge in [-0.3, -0.25) is 4.79 Å². The Hall–Kier alpha value is -0.570. The minimum atomic E-state index is -0.222. The fourth-order valence-electron chi connectivity index (χ4n) is 1.54. The van der Waals surface area contributed by atoms with Crippen molar-refractivity contribution in [1.82, 2.24) is 0 Å². The highest BCUT2D eigenvalue weighted by Crippen LogP contribution is 2.23. The Labute approximate surface area is 73.0 Å². The monoisotopic (exact) mass is 172 g/mol. The second-order valence-corrected chi connectivity index (χ2v) is 3.17. The van der Waals surface area contributed by atoms with Crippen LogP contribution in [0.3, 0.4) is 0 Å². The summed E-state index contributed by atoms with van der Waals surface area (Å²) in [6.45, 7) is 4.80. The highest BCUT2D eigenvalue weighted by atomic mass is 16.6. The Balaban J connectivity index is 2.26. The van der Waals surface area contributed by atoms with Crippen LogP contribution < -0.4 is 0 Å². The van der Waals surface area contributed by atoms with Gasteiger partial charge in [0.1, 0.15) is 6.61 Å². The van der Waals surface area contributed by atoms with E-state index in [0.717, 1.165) is 19.4 Å². The molecule has 0 aliphatic carbocycles. The van der Waals surface area contributed by atoms with Gasteiger partial charge in [0.2, 0.25) is 0 Å². The van der Waals surface area contributed by atoms with Crippen LogP contribution in [0.15, 0.2) is 0 Å². The minimum Gasteiger partial charge on any atom is -0.463 e. The number of esters is 1. The molecule has 0 aromatic heterocycles. The maximum Gasteiger partial charge on any atom is 0.302 e. The van der Waals surface area contributed by atoms with E-state index in [4.69, 9.17) is 9.47 Å². The van der Waals surface area contributed by atoms with Gasteiger partial charge in [0.25, 0.3) is 0 Å². The molecule has 1 saturated heterocycles. The molecule has 0 aromatic rings. The fourth-order valence-corrected chi connectivity index (χ4v) is 1.54. The van der Waals surface area contributed by atoms with E-state index in [0.29, 0.717) is 12.5 Å². The minimum absolute atomic E-state index is 0.138. The molecule has 0 aromatic carbocycles. The largest absolute Gasteiger partial charge is 0.463 e. The van der Waals surface area contributed by atoms with E-state index in [1.54, 1.807) is 0 Å². The third-order valence-corrected chi connectivity index (χ3v) is 2.32. The Bertz CT molecular complexity index is 156. The molecule has 2 unspecified atom stereocenters. The topological polar surface area (TPSA) is 35.5 Å². The lowest BCUT2D eigenvalue weighted by Gasteiger charge is -2.15. The number of carbonyl (C=O) groups excluding carboxylic acids is 1. The standard InChI is InChI=1S/C9H16O3/c1-3-8-4-5-11-9(8)6-12-7(2)10/h8-9H,3-6H2,1-2H3. The summed E-state index contributed by atoms with van der Waals surface area (Å²) in [4.78, 5) is 10.5. The molecule has 0 N–H and O–H groups in total. The molecule has 0 radical (unpaired) electrons. The average Bonchev–Trinajstić information content (AvgIpc) is 2.47. The van der Waals surface area contributed by atoms with E-state index in [1.165, 1.54) is 6.92 Å². The fraction of sp³-hybridized carbons (Fsp3) is 0.889. The lowest BCUT2D eigenvalue weighted by atomic mass is 9.99. The molecule has 0 saturated carbocycles. The summed E-state index contributed by atoms with van der Waals surface area (Å²) < 4.78 is 10.3. The van der Waals surface area contributed by atoms with E-state index in [1.807, 2.05) is 0 Å². The molecule has 1 fully saturated rings. The van der Waals surface area contributed by atoms with Crippen LogP contribution in [0.25, 0.3) is 0 Å². The van der Waals surface area contributed by atoms with Crippen LogP contribution in [0.4, 0.5) is 0 Å². The number of hydrogen-bond acceptors (Lipinski definition) is 3. The first kappa shape index (κ1) is 9.52. The molecular formula is C9H16O3. The van der Waals surface area contributed by atoms with Crippen molar-refractivity contribution in [1.29, 1.82) is 0 Å². The molecule has 3 nitrogen and oxygen atoms in total. The van der Waals surface area contributed by atoms with Crippen LogP contribution in [-0.2, 0) is 14.3 Å². The van der Waals surface area contributed by atoms with Crippen molar-refractivity contribution in [3.63, 3.8) is 0 Å². The molecular weight excluding hydrogens is 156 g/mol. The molecule has 0 bridgehead atoms. The van der Waals surface area contributed by atoms with Gasteiger partial charge in [0, 0.05) is 13.5 Å². The second kappa shape index (κ2) is 4.45. The molecule has 70 valence electrons. The summed E-state index contributed by atoms with van der Waals surface area (Å²) >= 11 is 0. The van der Waals surface area contributed by atoms with E-state index >= 15 is 0 Å². The van der Waals surface area contributed by atoms with Crippen LogP contribution in [0, 0.1) is 5.92 Å². The SMILES string of the molecule is CCC1CCOC1COC(C)=O. The van der Waals surface area contributed by atoms with Crippen LogP contribution in [-0.4, -0.2) is 25.3 Å². The number of carbonyl (C=O) groups is 1. The molecule has 1 aliphatic rings. The summed E-state index contributed by atoms with van der Waals surface area (Å²) in [5, 5.41) is 0. The lowest BCUT2D eigenvalue weighted by molar-refractivity contribution is -0.144. The predicted octanol–water partition coefficient (Wildman–Crippen LogP) is 1.36. The maximum atomic E-state index is 10.5. The van der Waals surface area contributed by atoms with Gasteiger partial charge in [-0.05, 0) is 12.3 Å². The maximum absolute atomic E-state index is 10.5. The van der Waals surface area contributed by atoms with E-state index in [2.05, 4.69) is 6.92 Å². The van der Waals surface area contributed by atoms with Gasteiger partial charge in [0.15, 0.2) is 0 Å². The van der Waals surface area contributed by atoms with E-state index in [9.17, 15) is 4.79 Å². The Morgan fingerprint density at radius 3 is 3.00 bits per heavy atom. The zero-order valence-electron chi connectivity index (χ0n) is 7.71. The Kier molecular flexibility index (Phi) is 3.53. The summed E-state index contributed by atoms with van der Waals surface area (Å²) in [6, 6.07) is 0. The first-order valence-electron chi connectivity index (χ1n) is 4.49. The van der Waals surface area contributed by atoms with Crippen LogP contribution in [0.5, 0.6) is 0 Å². The van der Waals surface area contributed by atoms with Gasteiger partial charge in [-0.1, -0.05) is 13.3 Å². The predicted molar refractivity (Wildman–Crippen MR) is 44.8 cm³/mol. The van der Waals surface area contributed by atoms with Crippen molar-refractivity contribution in [2.75, 3.05) is 13.2 Å². The molecule has 0 amide bonds. The number of hydrogen-bond donors (Lipinski definition) is 0. The molecule has 2 atom stereocenters. The molecule has 1 rings (SSSR count). The summed E-state index contributed by atoms with van der Waals surface area (Å²) in [7, 11) is 0. The van der Waals surface area contributed by atoms with Crippen molar-refractivity contribution in [2.24, 2.45) is 5.92 Å². The van der Waals surface area contributed by atoms with Crippen molar-refractivity contribution < 1.29 is 14.3 Å². The van der Waals surface area contributed by atoms with Gasteiger partial charge in [-0.2, -0.15) is 0 Å². The lowest BCUT2D eigenvalue weighted by Crippen LogP contribution is -2.23. The van der Waals surface area contributed by atoms with Crippen molar-refractivity contribution in [2.45, 2.75) is 32.8 Å². The first-order valence-corrected chi connectivity index (χ1v) is 4.49. The molecule has 0 spiro atoms. The average molecular weight is 172 g/mol. The molecule has 12 heavy (non-hydrogen) atoms. The van der Waals surface area contributed by atoms with Crippen LogP contribution >= 0.6 is 0 Å². The summed E-state index contributed by atoms with van der Waals surface area (Å²) in [5.41, 5.74) is 0. The zero-order chi connectivity index (χ0) is 8.97. The molecule has 3 heteroatoms. The van der Waals surface area contributed by atoms with E-state index in [-0.39, 0.29) is 12.1 Å². The van der Waals surface area contributed by atoms with Gasteiger partial charge >= 0.3 is 5.97 Å². The third kappa shape index (κ3) is 2.48. The zero-order valence-corrected chi connectivity index (χ0v) is 7.71. The smallest absolute Gasteiger partial charge is 0.302 e. The highest BCUT2D eigenvalue weighted by Gasteiger charge is 2.27. The molecule has 1 aliphatic heterocycles. The van der Waals surface area contributed by atoms with E-state index < -0.39 is 0 Å². The third-order valence-electron chi connectivity index (χ3n) is 2.32. The Morgan fingerprint density at radius 1 is 1.67 bits per heavy atom. The normalized spacial score (nSPS) is 28.8. The highest BCUT2D eigenvalue weighted by molar-refractivity contribution is 5.65. The quantitative estimate of drug-likeness (QED) is 0.603. The van der Waals surface area contributed by atoms with Crippen LogP contribution in [0.1, 0.15) is 26.7 Å². The van der Waals surface area contributed by atoms with Crippen molar-refractivity contribution in [3.8, 4) is 0 Å². The first-order chi connectivity index (χ1) is 5.74. The van der Waals surface area contributed by atoms with Crippen molar-refractivity contribution >= 4 is 5.97 Å².